The lowest BCUT2D eigenvalue weighted by Crippen LogP contribution is -2.10. The third-order valence-corrected chi connectivity index (χ3v) is 4.48. The number of rotatable bonds is 3. The van der Waals surface area contributed by atoms with Crippen LogP contribution in [0.15, 0.2) is 24.4 Å². The van der Waals surface area contributed by atoms with Gasteiger partial charge in [0.15, 0.2) is 0 Å². The standard InChI is InChI=1S/C14H15N3OS/c1-15-13-6-5-10(8-16-13)17-14(18)12-7-9-3-2-4-11(9)19-12/h5-8H,2-4H2,1H3,(H,15,16)(H,17,18). The molecule has 0 aliphatic heterocycles. The zero-order valence-electron chi connectivity index (χ0n) is 10.7. The van der Waals surface area contributed by atoms with Gasteiger partial charge in [0.1, 0.15) is 5.82 Å². The molecule has 0 radical (unpaired) electrons. The Morgan fingerprint density at radius 2 is 2.26 bits per heavy atom. The molecule has 0 spiro atoms. The van der Waals surface area contributed by atoms with Crippen LogP contribution in [0.3, 0.4) is 0 Å². The molecule has 1 aliphatic carbocycles. The molecular formula is C14H15N3OS. The van der Waals surface area contributed by atoms with Gasteiger partial charge in [0.25, 0.3) is 5.91 Å². The molecule has 19 heavy (non-hydrogen) atoms. The molecule has 0 saturated carbocycles. The summed E-state index contributed by atoms with van der Waals surface area (Å²) < 4.78 is 0. The van der Waals surface area contributed by atoms with Crippen molar-refractivity contribution >= 4 is 28.7 Å². The minimum absolute atomic E-state index is 0.0431. The molecule has 0 bridgehead atoms. The minimum atomic E-state index is -0.0431. The molecule has 0 fully saturated rings. The molecule has 2 aromatic rings. The van der Waals surface area contributed by atoms with Crippen molar-refractivity contribution in [3.63, 3.8) is 0 Å². The predicted molar refractivity (Wildman–Crippen MR) is 78.1 cm³/mol. The monoisotopic (exact) mass is 273 g/mol. The number of hydrogen-bond donors (Lipinski definition) is 2. The zero-order chi connectivity index (χ0) is 13.2. The first-order valence-electron chi connectivity index (χ1n) is 6.33. The summed E-state index contributed by atoms with van der Waals surface area (Å²) in [7, 11) is 1.81. The highest BCUT2D eigenvalue weighted by atomic mass is 32.1. The normalized spacial score (nSPS) is 13.1. The van der Waals surface area contributed by atoms with Gasteiger partial charge in [0, 0.05) is 11.9 Å². The van der Waals surface area contributed by atoms with E-state index in [9.17, 15) is 4.79 Å². The van der Waals surface area contributed by atoms with Crippen LogP contribution in [-0.2, 0) is 12.8 Å². The SMILES string of the molecule is CNc1ccc(NC(=O)c2cc3c(s2)CCC3)cn1. The lowest BCUT2D eigenvalue weighted by molar-refractivity contribution is 0.103. The van der Waals surface area contributed by atoms with E-state index in [1.165, 1.54) is 16.9 Å². The first-order valence-corrected chi connectivity index (χ1v) is 7.14. The number of pyridine rings is 1. The lowest BCUT2D eigenvalue weighted by Gasteiger charge is -2.04. The third kappa shape index (κ3) is 2.46. The van der Waals surface area contributed by atoms with Gasteiger partial charge in [-0.25, -0.2) is 4.98 Å². The minimum Gasteiger partial charge on any atom is -0.373 e. The molecule has 1 amide bonds. The summed E-state index contributed by atoms with van der Waals surface area (Å²) in [6, 6.07) is 5.71. The number of hydrogen-bond acceptors (Lipinski definition) is 4. The molecule has 3 rings (SSSR count). The maximum Gasteiger partial charge on any atom is 0.265 e. The molecule has 5 heteroatoms. The highest BCUT2D eigenvalue weighted by molar-refractivity contribution is 7.14. The number of carbonyl (C=O) groups is 1. The van der Waals surface area contributed by atoms with Crippen molar-refractivity contribution in [2.24, 2.45) is 0 Å². The van der Waals surface area contributed by atoms with E-state index in [0.29, 0.717) is 0 Å². The summed E-state index contributed by atoms with van der Waals surface area (Å²) in [5.41, 5.74) is 2.07. The Labute approximate surface area is 115 Å². The Hall–Kier alpha value is -1.88. The first-order chi connectivity index (χ1) is 9.26. The van der Waals surface area contributed by atoms with Gasteiger partial charge < -0.3 is 10.6 Å². The summed E-state index contributed by atoms with van der Waals surface area (Å²) >= 11 is 1.61. The highest BCUT2D eigenvalue weighted by Crippen LogP contribution is 2.30. The predicted octanol–water partition coefficient (Wildman–Crippen LogP) is 2.93. The van der Waals surface area contributed by atoms with Gasteiger partial charge in [-0.15, -0.1) is 11.3 Å². The molecule has 98 valence electrons. The number of thiophene rings is 1. The van der Waals surface area contributed by atoms with E-state index in [-0.39, 0.29) is 5.91 Å². The maximum atomic E-state index is 12.1. The van der Waals surface area contributed by atoms with Crippen molar-refractivity contribution in [3.8, 4) is 0 Å². The smallest absolute Gasteiger partial charge is 0.265 e. The number of nitrogens with zero attached hydrogens (tertiary/aromatic N) is 1. The molecule has 2 heterocycles. The topological polar surface area (TPSA) is 54.0 Å². The van der Waals surface area contributed by atoms with Crippen LogP contribution >= 0.6 is 11.3 Å². The Morgan fingerprint density at radius 3 is 2.95 bits per heavy atom. The van der Waals surface area contributed by atoms with E-state index >= 15 is 0 Å². The van der Waals surface area contributed by atoms with Crippen LogP contribution in [0.4, 0.5) is 11.5 Å². The van der Waals surface area contributed by atoms with Gasteiger partial charge in [0.2, 0.25) is 0 Å². The average Bonchev–Trinajstić information content (AvgIpc) is 3.00. The number of nitrogens with one attached hydrogen (secondary N) is 2. The molecule has 0 atom stereocenters. The number of aryl methyl sites for hydroxylation is 2. The highest BCUT2D eigenvalue weighted by Gasteiger charge is 2.18. The third-order valence-electron chi connectivity index (χ3n) is 3.25. The van der Waals surface area contributed by atoms with Crippen molar-refractivity contribution in [2.75, 3.05) is 17.7 Å². The zero-order valence-corrected chi connectivity index (χ0v) is 11.5. The maximum absolute atomic E-state index is 12.1. The Balaban J connectivity index is 1.72. The quantitative estimate of drug-likeness (QED) is 0.904. The van der Waals surface area contributed by atoms with Gasteiger partial charge in [-0.05, 0) is 43.0 Å². The van der Waals surface area contributed by atoms with Crippen molar-refractivity contribution in [2.45, 2.75) is 19.3 Å². The number of fused-ring (bicyclic) bond motifs is 1. The van der Waals surface area contributed by atoms with Crippen LogP contribution in [0.1, 0.15) is 26.5 Å². The summed E-state index contributed by atoms with van der Waals surface area (Å²) in [4.78, 5) is 18.5. The van der Waals surface area contributed by atoms with Crippen LogP contribution in [-0.4, -0.2) is 17.9 Å². The van der Waals surface area contributed by atoms with Gasteiger partial charge in [-0.1, -0.05) is 0 Å². The van der Waals surface area contributed by atoms with Crippen LogP contribution < -0.4 is 10.6 Å². The number of carbonyl (C=O) groups excluding carboxylic acids is 1. The van der Waals surface area contributed by atoms with Crippen molar-refractivity contribution < 1.29 is 4.79 Å². The van der Waals surface area contributed by atoms with Crippen LogP contribution in [0, 0.1) is 0 Å². The van der Waals surface area contributed by atoms with Gasteiger partial charge in [-0.2, -0.15) is 0 Å². The molecule has 2 aromatic heterocycles. The fourth-order valence-corrected chi connectivity index (χ4v) is 3.40. The summed E-state index contributed by atoms with van der Waals surface area (Å²) in [5.74, 6) is 0.742. The second-order valence-corrected chi connectivity index (χ2v) is 5.69. The number of anilines is 2. The number of amides is 1. The fraction of sp³-hybridized carbons (Fsp3) is 0.286. The van der Waals surface area contributed by atoms with E-state index in [1.807, 2.05) is 25.2 Å². The van der Waals surface area contributed by atoms with Crippen molar-refractivity contribution in [1.29, 1.82) is 0 Å². The van der Waals surface area contributed by atoms with E-state index in [2.05, 4.69) is 15.6 Å². The first kappa shape index (κ1) is 12.2. The van der Waals surface area contributed by atoms with E-state index in [1.54, 1.807) is 17.5 Å². The largest absolute Gasteiger partial charge is 0.373 e. The van der Waals surface area contributed by atoms with Crippen LogP contribution in [0.2, 0.25) is 0 Å². The van der Waals surface area contributed by atoms with Gasteiger partial charge >= 0.3 is 0 Å². The van der Waals surface area contributed by atoms with Crippen molar-refractivity contribution in [3.05, 3.63) is 39.7 Å². The Kier molecular flexibility index (Phi) is 3.21. The van der Waals surface area contributed by atoms with Gasteiger partial charge in [0.05, 0.1) is 16.8 Å². The van der Waals surface area contributed by atoms with E-state index in [0.717, 1.165) is 29.2 Å². The molecule has 0 saturated heterocycles. The van der Waals surface area contributed by atoms with E-state index in [4.69, 9.17) is 0 Å². The Bertz CT molecular complexity index is 582. The second-order valence-electron chi connectivity index (χ2n) is 4.55. The summed E-state index contributed by atoms with van der Waals surface area (Å²) in [5, 5.41) is 5.82. The second kappa shape index (κ2) is 5.01. The van der Waals surface area contributed by atoms with Crippen LogP contribution in [0.5, 0.6) is 0 Å². The molecule has 0 unspecified atom stereocenters. The molecule has 2 N–H and O–H groups in total. The average molecular weight is 273 g/mol. The lowest BCUT2D eigenvalue weighted by atomic mass is 10.2. The summed E-state index contributed by atoms with van der Waals surface area (Å²) in [6.07, 6.45) is 5.10. The molecule has 1 aliphatic rings. The molecule has 4 nitrogen and oxygen atoms in total. The Morgan fingerprint density at radius 1 is 1.37 bits per heavy atom. The van der Waals surface area contributed by atoms with E-state index < -0.39 is 0 Å². The van der Waals surface area contributed by atoms with Crippen molar-refractivity contribution in [1.82, 2.24) is 4.98 Å². The number of aromatic nitrogens is 1. The summed E-state index contributed by atoms with van der Waals surface area (Å²) in [6.45, 7) is 0. The molecule has 0 aromatic carbocycles. The molecular weight excluding hydrogens is 258 g/mol. The fourth-order valence-electron chi connectivity index (χ4n) is 2.25. The van der Waals surface area contributed by atoms with Gasteiger partial charge in [-0.3, -0.25) is 4.79 Å². The van der Waals surface area contributed by atoms with Crippen LogP contribution in [0.25, 0.3) is 0 Å².